The fraction of sp³-hybridized carbons (Fsp3) is 0.593. The van der Waals surface area contributed by atoms with Crippen LogP contribution in [-0.2, 0) is 71.8 Å². The summed E-state index contributed by atoms with van der Waals surface area (Å²) in [6.45, 7) is 5.15. The molecule has 0 radical (unpaired) electrons. The number of aliphatic carboxylic acids is 1. The molecule has 12 nitrogen and oxygen atoms in total. The first-order chi connectivity index (χ1) is 35.7. The lowest BCUT2D eigenvalue weighted by atomic mass is 9.94. The van der Waals surface area contributed by atoms with Crippen molar-refractivity contribution in [2.45, 2.75) is 165 Å². The van der Waals surface area contributed by atoms with E-state index in [1.54, 1.807) is 12.1 Å². The molecule has 6 heterocycles. The van der Waals surface area contributed by atoms with Gasteiger partial charge in [0.1, 0.15) is 23.7 Å². The van der Waals surface area contributed by atoms with Crippen molar-refractivity contribution in [3.8, 4) is 0 Å². The Morgan fingerprint density at radius 3 is 1.58 bits per heavy atom. The van der Waals surface area contributed by atoms with Crippen LogP contribution in [0.4, 0.5) is 8.78 Å². The highest BCUT2D eigenvalue weighted by Gasteiger charge is 2.39. The first kappa shape index (κ1) is 53.1. The average molecular weight is 1010 g/mol. The second-order valence-electron chi connectivity index (χ2n) is 20.9. The molecular weight excluding hydrogens is 931 g/mol. The SMILES string of the molecule is COC(=O)C(c1cc(F)ccc1C1CCCO1)N1CC[C@@H](OCCCCc2ccc3c(n2)CCCC3)C1.O=C(O)C(c1cc(F)ccc1C1CCCO1)N1CC[C@@H](OCCCCc2ccc3c(n2)CCCC3)C1. The summed E-state index contributed by atoms with van der Waals surface area (Å²) in [7, 11) is 1.39. The van der Waals surface area contributed by atoms with Gasteiger partial charge in [-0.2, -0.15) is 0 Å². The molecule has 14 heteroatoms. The summed E-state index contributed by atoms with van der Waals surface area (Å²) in [5, 5.41) is 10.1. The maximum absolute atomic E-state index is 14.3. The number of pyridine rings is 2. The van der Waals surface area contributed by atoms with E-state index in [9.17, 15) is 23.5 Å². The summed E-state index contributed by atoms with van der Waals surface area (Å²) < 4.78 is 57.7. The second kappa shape index (κ2) is 26.2. The molecule has 0 amide bonds. The minimum absolute atomic E-state index is 0.00606. The van der Waals surface area contributed by atoms with Crippen LogP contribution in [0.15, 0.2) is 60.7 Å². The lowest BCUT2D eigenvalue weighted by Crippen LogP contribution is -2.35. The van der Waals surface area contributed by atoms with Gasteiger partial charge in [0.2, 0.25) is 0 Å². The summed E-state index contributed by atoms with van der Waals surface area (Å²) >= 11 is 0. The van der Waals surface area contributed by atoms with Crippen LogP contribution >= 0.6 is 0 Å². The molecule has 0 bridgehead atoms. The number of methoxy groups -OCH3 is 1. The summed E-state index contributed by atoms with van der Waals surface area (Å²) in [5.41, 5.74) is 10.6. The lowest BCUT2D eigenvalue weighted by Gasteiger charge is -2.29. The molecule has 0 spiro atoms. The van der Waals surface area contributed by atoms with Crippen molar-refractivity contribution in [1.29, 1.82) is 0 Å². The van der Waals surface area contributed by atoms with E-state index in [1.165, 1.54) is 97.4 Å². The summed E-state index contributed by atoms with van der Waals surface area (Å²) in [6, 6.07) is 16.5. The fourth-order valence-corrected chi connectivity index (χ4v) is 12.0. The normalized spacial score (nSPS) is 22.8. The third-order valence-electron chi connectivity index (χ3n) is 15.8. The molecule has 2 aromatic heterocycles. The van der Waals surface area contributed by atoms with Gasteiger partial charge in [0.05, 0.1) is 31.5 Å². The number of unbranched alkanes of at least 4 members (excludes halogenated alkanes) is 2. The zero-order chi connectivity index (χ0) is 50.5. The maximum atomic E-state index is 14.3. The van der Waals surface area contributed by atoms with Crippen molar-refractivity contribution in [2.75, 3.05) is 59.7 Å². The molecule has 4 unspecified atom stereocenters. The van der Waals surface area contributed by atoms with Crippen molar-refractivity contribution in [1.82, 2.24) is 19.8 Å². The molecule has 4 aromatic rings. The molecule has 1 N–H and O–H groups in total. The van der Waals surface area contributed by atoms with Crippen LogP contribution in [0.2, 0.25) is 0 Å². The quantitative estimate of drug-likeness (QED) is 0.0668. The van der Waals surface area contributed by atoms with E-state index in [0.717, 1.165) is 107 Å². The monoisotopic (exact) mass is 1010 g/mol. The van der Waals surface area contributed by atoms with Gasteiger partial charge < -0.3 is 28.8 Å². The number of nitrogens with zero attached hydrogens (tertiary/aromatic N) is 4. The van der Waals surface area contributed by atoms with E-state index in [2.05, 4.69) is 29.2 Å². The van der Waals surface area contributed by atoms with Crippen LogP contribution in [0.25, 0.3) is 0 Å². The van der Waals surface area contributed by atoms with Crippen LogP contribution in [0.1, 0.15) is 170 Å². The minimum Gasteiger partial charge on any atom is -0.480 e. The Kier molecular flexibility index (Phi) is 19.1. The first-order valence-corrected chi connectivity index (χ1v) is 27.5. The van der Waals surface area contributed by atoms with Gasteiger partial charge >= 0.3 is 11.9 Å². The molecule has 2 aromatic carbocycles. The molecule has 4 saturated heterocycles. The van der Waals surface area contributed by atoms with Gasteiger partial charge in [-0.3, -0.25) is 24.6 Å². The predicted octanol–water partition coefficient (Wildman–Crippen LogP) is 10.5. The molecule has 4 fully saturated rings. The van der Waals surface area contributed by atoms with Gasteiger partial charge in [-0.05, 0) is 198 Å². The number of fused-ring (bicyclic) bond motifs is 2. The second-order valence-corrected chi connectivity index (χ2v) is 20.9. The van der Waals surface area contributed by atoms with E-state index >= 15 is 0 Å². The fourth-order valence-electron chi connectivity index (χ4n) is 12.0. The van der Waals surface area contributed by atoms with Gasteiger partial charge in [-0.15, -0.1) is 0 Å². The third-order valence-corrected chi connectivity index (χ3v) is 15.8. The Balaban J connectivity index is 0.000000180. The molecule has 0 saturated carbocycles. The van der Waals surface area contributed by atoms with Gasteiger partial charge in [-0.1, -0.05) is 24.3 Å². The van der Waals surface area contributed by atoms with Gasteiger partial charge in [0.15, 0.2) is 0 Å². The van der Waals surface area contributed by atoms with Crippen LogP contribution in [-0.4, -0.2) is 109 Å². The summed E-state index contributed by atoms with van der Waals surface area (Å²) in [5.74, 6) is -2.11. The number of hydrogen-bond acceptors (Lipinski definition) is 11. The molecule has 394 valence electrons. The maximum Gasteiger partial charge on any atom is 0.327 e. The van der Waals surface area contributed by atoms with E-state index in [0.29, 0.717) is 63.7 Å². The molecule has 6 atom stereocenters. The van der Waals surface area contributed by atoms with E-state index in [4.69, 9.17) is 33.7 Å². The van der Waals surface area contributed by atoms with Crippen LogP contribution < -0.4 is 0 Å². The molecule has 10 rings (SSSR count). The minimum atomic E-state index is -0.960. The van der Waals surface area contributed by atoms with Gasteiger partial charge in [0.25, 0.3) is 0 Å². The lowest BCUT2D eigenvalue weighted by molar-refractivity contribution is -0.147. The number of carbonyl (C=O) groups excluding carboxylic acids is 1. The molecular formula is C59H76F2N4O8. The molecule has 4 aliphatic heterocycles. The number of carboxylic acids is 1. The number of rotatable bonds is 20. The van der Waals surface area contributed by atoms with Crippen LogP contribution in [0, 0.1) is 11.6 Å². The van der Waals surface area contributed by atoms with E-state index in [-0.39, 0.29) is 36.2 Å². The van der Waals surface area contributed by atoms with Gasteiger partial charge in [0, 0.05) is 75.4 Å². The van der Waals surface area contributed by atoms with Crippen LogP contribution in [0.5, 0.6) is 0 Å². The summed E-state index contributed by atoms with van der Waals surface area (Å²) in [6.07, 6.45) is 20.5. The van der Waals surface area contributed by atoms with Crippen molar-refractivity contribution in [3.05, 3.63) is 128 Å². The number of halogens is 2. The Hall–Kier alpha value is -4.70. The number of benzene rings is 2. The number of carboxylic acid groups (broad SMARTS) is 1. The zero-order valence-electron chi connectivity index (χ0n) is 42.9. The van der Waals surface area contributed by atoms with Crippen molar-refractivity contribution in [3.63, 3.8) is 0 Å². The van der Waals surface area contributed by atoms with Crippen LogP contribution in [0.3, 0.4) is 0 Å². The first-order valence-electron chi connectivity index (χ1n) is 27.5. The average Bonchev–Trinajstić information content (AvgIpc) is 4.27. The Bertz CT molecular complexity index is 2460. The highest BCUT2D eigenvalue weighted by atomic mass is 19.1. The number of likely N-dealkylation sites (tertiary alicyclic amines) is 2. The smallest absolute Gasteiger partial charge is 0.327 e. The Labute approximate surface area is 430 Å². The van der Waals surface area contributed by atoms with Crippen molar-refractivity contribution < 1.29 is 47.2 Å². The van der Waals surface area contributed by atoms with Crippen molar-refractivity contribution >= 4 is 11.9 Å². The number of carbonyl (C=O) groups is 2. The number of aryl methyl sites for hydroxylation is 6. The molecule has 6 aliphatic rings. The third kappa shape index (κ3) is 14.0. The number of ether oxygens (including phenoxy) is 5. The zero-order valence-corrected chi connectivity index (χ0v) is 42.9. The molecule has 2 aliphatic carbocycles. The highest BCUT2D eigenvalue weighted by molar-refractivity contribution is 5.78. The summed E-state index contributed by atoms with van der Waals surface area (Å²) in [4.78, 5) is 39.0. The number of aromatic nitrogens is 2. The predicted molar refractivity (Wildman–Crippen MR) is 273 cm³/mol. The topological polar surface area (TPSA) is 133 Å². The van der Waals surface area contributed by atoms with Gasteiger partial charge in [-0.25, -0.2) is 13.6 Å². The highest BCUT2D eigenvalue weighted by Crippen LogP contribution is 2.39. The largest absolute Gasteiger partial charge is 0.480 e. The number of esters is 1. The number of hydrogen-bond donors (Lipinski definition) is 1. The van der Waals surface area contributed by atoms with E-state index in [1.807, 2.05) is 4.90 Å². The van der Waals surface area contributed by atoms with E-state index < -0.39 is 23.9 Å². The molecule has 73 heavy (non-hydrogen) atoms. The Morgan fingerprint density at radius 2 is 1.11 bits per heavy atom. The standard InChI is InChI=1S/C30H39FN2O4.C29H37FN2O4/c1-35-30(34)29(26-19-22(31)12-14-25(26)28-10-6-18-37-28)33-16-15-24(20-33)36-17-5-4-8-23-13-11-21-7-2-3-9-27(21)32-23;30-21-11-13-24(27-9-5-17-36-27)25(18-21)28(29(33)34)32-15-14-23(19-32)35-16-4-3-7-22-12-10-20-6-1-2-8-26(20)31-22/h11-14,19,24,28-29H,2-10,15-18,20H2,1H3;10-13,18,23,27-28H,1-9,14-17,19H2,(H,33,34)/t24-,28?,29?;23-,27?,28?/m11/s1. The van der Waals surface area contributed by atoms with Crippen molar-refractivity contribution in [2.24, 2.45) is 0 Å². The Morgan fingerprint density at radius 1 is 0.630 bits per heavy atom.